The molecule has 1 fully saturated rings. The maximum Gasteiger partial charge on any atom is 0.164 e. The SMILES string of the molecule is O=C(CC1CCOCC1)c1ccccc1Br. The highest BCUT2D eigenvalue weighted by Gasteiger charge is 2.19. The fourth-order valence-corrected chi connectivity index (χ4v) is 2.52. The summed E-state index contributed by atoms with van der Waals surface area (Å²) in [5, 5.41) is 0. The number of hydrogen-bond donors (Lipinski definition) is 0. The predicted octanol–water partition coefficient (Wildman–Crippen LogP) is 3.45. The first kappa shape index (κ1) is 11.8. The standard InChI is InChI=1S/C13H15BrO2/c14-12-4-2-1-3-11(12)13(15)9-10-5-7-16-8-6-10/h1-4,10H,5-9H2. The van der Waals surface area contributed by atoms with E-state index in [1.165, 1.54) is 0 Å². The maximum absolute atomic E-state index is 12.1. The lowest BCUT2D eigenvalue weighted by molar-refractivity contribution is 0.0601. The Morgan fingerprint density at radius 3 is 2.69 bits per heavy atom. The summed E-state index contributed by atoms with van der Waals surface area (Å²) in [6.07, 6.45) is 2.67. The van der Waals surface area contributed by atoms with Gasteiger partial charge in [0.2, 0.25) is 0 Å². The molecule has 16 heavy (non-hydrogen) atoms. The van der Waals surface area contributed by atoms with Gasteiger partial charge >= 0.3 is 0 Å². The Kier molecular flexibility index (Phi) is 4.13. The molecule has 1 saturated heterocycles. The molecule has 1 aliphatic heterocycles. The maximum atomic E-state index is 12.1. The van der Waals surface area contributed by atoms with Gasteiger partial charge in [0.1, 0.15) is 0 Å². The number of hydrogen-bond acceptors (Lipinski definition) is 2. The van der Waals surface area contributed by atoms with Crippen LogP contribution in [0.4, 0.5) is 0 Å². The minimum absolute atomic E-state index is 0.236. The summed E-state index contributed by atoms with van der Waals surface area (Å²) in [7, 11) is 0. The van der Waals surface area contributed by atoms with Crippen molar-refractivity contribution in [3.05, 3.63) is 34.3 Å². The summed E-state index contributed by atoms with van der Waals surface area (Å²) in [6.45, 7) is 1.60. The van der Waals surface area contributed by atoms with Gasteiger partial charge in [0.15, 0.2) is 5.78 Å². The highest BCUT2D eigenvalue weighted by molar-refractivity contribution is 9.10. The minimum atomic E-state index is 0.236. The van der Waals surface area contributed by atoms with E-state index in [0.717, 1.165) is 36.1 Å². The van der Waals surface area contributed by atoms with E-state index in [9.17, 15) is 4.79 Å². The van der Waals surface area contributed by atoms with Crippen molar-refractivity contribution in [2.75, 3.05) is 13.2 Å². The van der Waals surface area contributed by atoms with Crippen LogP contribution in [0, 0.1) is 5.92 Å². The van der Waals surface area contributed by atoms with Crippen LogP contribution in [-0.4, -0.2) is 19.0 Å². The molecule has 0 saturated carbocycles. The van der Waals surface area contributed by atoms with Crippen molar-refractivity contribution < 1.29 is 9.53 Å². The Morgan fingerprint density at radius 1 is 1.31 bits per heavy atom. The topological polar surface area (TPSA) is 26.3 Å². The molecule has 0 spiro atoms. The fourth-order valence-electron chi connectivity index (χ4n) is 2.01. The number of rotatable bonds is 3. The van der Waals surface area contributed by atoms with Crippen molar-refractivity contribution in [2.24, 2.45) is 5.92 Å². The molecule has 1 heterocycles. The zero-order valence-electron chi connectivity index (χ0n) is 9.12. The number of carbonyl (C=O) groups is 1. The van der Waals surface area contributed by atoms with Gasteiger partial charge in [-0.2, -0.15) is 0 Å². The second kappa shape index (κ2) is 5.60. The minimum Gasteiger partial charge on any atom is -0.381 e. The zero-order valence-corrected chi connectivity index (χ0v) is 10.7. The number of Topliss-reactive ketones (excluding diaryl/α,β-unsaturated/α-hetero) is 1. The van der Waals surface area contributed by atoms with E-state index in [1.54, 1.807) is 0 Å². The Labute approximate surface area is 104 Å². The average Bonchev–Trinajstić information content (AvgIpc) is 2.31. The molecule has 1 aromatic carbocycles. The van der Waals surface area contributed by atoms with Gasteiger partial charge in [-0.1, -0.05) is 34.1 Å². The third-order valence-electron chi connectivity index (χ3n) is 2.99. The smallest absolute Gasteiger partial charge is 0.164 e. The van der Waals surface area contributed by atoms with Crippen LogP contribution >= 0.6 is 15.9 Å². The van der Waals surface area contributed by atoms with Crippen molar-refractivity contribution in [3.8, 4) is 0 Å². The van der Waals surface area contributed by atoms with Gasteiger partial charge in [0.05, 0.1) is 0 Å². The third-order valence-corrected chi connectivity index (χ3v) is 3.68. The van der Waals surface area contributed by atoms with Crippen LogP contribution in [-0.2, 0) is 4.74 Å². The molecule has 0 N–H and O–H groups in total. The summed E-state index contributed by atoms with van der Waals surface area (Å²) in [5.41, 5.74) is 0.800. The summed E-state index contributed by atoms with van der Waals surface area (Å²) >= 11 is 3.42. The third kappa shape index (κ3) is 2.92. The highest BCUT2D eigenvalue weighted by Crippen LogP contribution is 2.24. The van der Waals surface area contributed by atoms with Crippen LogP contribution in [0.25, 0.3) is 0 Å². The van der Waals surface area contributed by atoms with Crippen molar-refractivity contribution in [1.29, 1.82) is 0 Å². The fraction of sp³-hybridized carbons (Fsp3) is 0.462. The first-order valence-corrected chi connectivity index (χ1v) is 6.42. The van der Waals surface area contributed by atoms with E-state index in [4.69, 9.17) is 4.74 Å². The average molecular weight is 283 g/mol. The second-order valence-electron chi connectivity index (χ2n) is 4.16. The zero-order chi connectivity index (χ0) is 11.4. The van der Waals surface area contributed by atoms with Crippen LogP contribution < -0.4 is 0 Å². The number of ketones is 1. The molecular formula is C13H15BrO2. The molecule has 2 rings (SSSR count). The van der Waals surface area contributed by atoms with Crippen molar-refractivity contribution in [2.45, 2.75) is 19.3 Å². The van der Waals surface area contributed by atoms with Gasteiger partial charge in [0, 0.05) is 29.7 Å². The van der Waals surface area contributed by atoms with E-state index < -0.39 is 0 Å². The molecular weight excluding hydrogens is 268 g/mol. The molecule has 1 aromatic rings. The molecule has 86 valence electrons. The summed E-state index contributed by atoms with van der Waals surface area (Å²) in [6, 6.07) is 7.63. The van der Waals surface area contributed by atoms with Gasteiger partial charge < -0.3 is 4.74 Å². The summed E-state index contributed by atoms with van der Waals surface area (Å²) in [4.78, 5) is 12.1. The van der Waals surface area contributed by atoms with E-state index in [1.807, 2.05) is 24.3 Å². The lowest BCUT2D eigenvalue weighted by atomic mass is 9.92. The van der Waals surface area contributed by atoms with Crippen LogP contribution in [0.5, 0.6) is 0 Å². The summed E-state index contributed by atoms with van der Waals surface area (Å²) in [5.74, 6) is 0.729. The van der Waals surface area contributed by atoms with Crippen molar-refractivity contribution in [3.63, 3.8) is 0 Å². The van der Waals surface area contributed by atoms with Gasteiger partial charge in [-0.3, -0.25) is 4.79 Å². The monoisotopic (exact) mass is 282 g/mol. The Morgan fingerprint density at radius 2 is 2.00 bits per heavy atom. The van der Waals surface area contributed by atoms with E-state index >= 15 is 0 Å². The van der Waals surface area contributed by atoms with Gasteiger partial charge in [-0.15, -0.1) is 0 Å². The normalized spacial score (nSPS) is 17.3. The Hall–Kier alpha value is -0.670. The highest BCUT2D eigenvalue weighted by atomic mass is 79.9. The molecule has 0 bridgehead atoms. The Bertz CT molecular complexity index is 370. The van der Waals surface area contributed by atoms with Crippen molar-refractivity contribution >= 4 is 21.7 Å². The van der Waals surface area contributed by atoms with E-state index in [0.29, 0.717) is 12.3 Å². The van der Waals surface area contributed by atoms with Crippen LogP contribution in [0.1, 0.15) is 29.6 Å². The lowest BCUT2D eigenvalue weighted by Crippen LogP contribution is -2.18. The quantitative estimate of drug-likeness (QED) is 0.794. The summed E-state index contributed by atoms with van der Waals surface area (Å²) < 4.78 is 6.19. The molecule has 2 nitrogen and oxygen atoms in total. The van der Waals surface area contributed by atoms with E-state index in [2.05, 4.69) is 15.9 Å². The Balaban J connectivity index is 2.00. The molecule has 3 heteroatoms. The first-order valence-electron chi connectivity index (χ1n) is 5.63. The van der Waals surface area contributed by atoms with Gasteiger partial charge in [0.25, 0.3) is 0 Å². The van der Waals surface area contributed by atoms with Gasteiger partial charge in [-0.25, -0.2) is 0 Å². The first-order chi connectivity index (χ1) is 7.77. The number of benzene rings is 1. The van der Waals surface area contributed by atoms with Crippen LogP contribution in [0.3, 0.4) is 0 Å². The van der Waals surface area contributed by atoms with Crippen LogP contribution in [0.15, 0.2) is 28.7 Å². The number of carbonyl (C=O) groups excluding carboxylic acids is 1. The molecule has 0 radical (unpaired) electrons. The molecule has 0 unspecified atom stereocenters. The molecule has 0 aromatic heterocycles. The molecule has 0 atom stereocenters. The molecule has 1 aliphatic rings. The number of halogens is 1. The van der Waals surface area contributed by atoms with E-state index in [-0.39, 0.29) is 5.78 Å². The number of ether oxygens (including phenoxy) is 1. The molecule has 0 amide bonds. The molecule has 0 aliphatic carbocycles. The van der Waals surface area contributed by atoms with Gasteiger partial charge in [-0.05, 0) is 24.8 Å². The van der Waals surface area contributed by atoms with Crippen molar-refractivity contribution in [1.82, 2.24) is 0 Å². The largest absolute Gasteiger partial charge is 0.381 e. The second-order valence-corrected chi connectivity index (χ2v) is 5.02. The van der Waals surface area contributed by atoms with Crippen LogP contribution in [0.2, 0.25) is 0 Å². The lowest BCUT2D eigenvalue weighted by Gasteiger charge is -2.21. The predicted molar refractivity (Wildman–Crippen MR) is 66.6 cm³/mol.